The summed E-state index contributed by atoms with van der Waals surface area (Å²) in [6.45, 7) is 9.08. The van der Waals surface area contributed by atoms with Gasteiger partial charge in [0.25, 0.3) is 5.91 Å². The highest BCUT2D eigenvalue weighted by atomic mass is 32.1. The summed E-state index contributed by atoms with van der Waals surface area (Å²) in [5.41, 5.74) is -2.41. The number of aromatic amines is 1. The fraction of sp³-hybridized carbons (Fsp3) is 0.375. The number of alkyl halides is 3. The molecule has 2 aromatic carbocycles. The van der Waals surface area contributed by atoms with E-state index in [-0.39, 0.29) is 30.8 Å². The lowest BCUT2D eigenvalue weighted by atomic mass is 9.85. The van der Waals surface area contributed by atoms with Crippen molar-refractivity contribution in [3.63, 3.8) is 0 Å². The van der Waals surface area contributed by atoms with Crippen LogP contribution in [-0.2, 0) is 25.3 Å². The Bertz CT molecular complexity index is 2710. The first-order chi connectivity index (χ1) is 32.2. The van der Waals surface area contributed by atoms with Gasteiger partial charge in [-0.05, 0) is 105 Å². The molecule has 0 bridgehead atoms. The Morgan fingerprint density at radius 1 is 1.03 bits per heavy atom. The topological polar surface area (TPSA) is 190 Å². The first-order valence-corrected chi connectivity index (χ1v) is 22.1. The maximum absolute atomic E-state index is 15.4. The first-order valence-electron chi connectivity index (χ1n) is 21.7. The molecule has 3 atom stereocenters. The monoisotopic (exact) mass is 955 g/mol. The third kappa shape index (κ3) is 10.3. The molecular weight excluding hydrogens is 907 g/mol. The summed E-state index contributed by atoms with van der Waals surface area (Å²) in [6, 6.07) is 15.8. The van der Waals surface area contributed by atoms with Crippen molar-refractivity contribution in [2.24, 2.45) is 5.41 Å². The molecule has 5 heterocycles. The van der Waals surface area contributed by atoms with Crippen LogP contribution < -0.4 is 19.9 Å². The number of hydrogen-bond donors (Lipinski definition) is 3. The third-order valence-corrected chi connectivity index (χ3v) is 12.0. The van der Waals surface area contributed by atoms with Gasteiger partial charge in [-0.2, -0.15) is 18.4 Å². The summed E-state index contributed by atoms with van der Waals surface area (Å²) in [5.74, 6) is -2.19. The normalized spacial score (nSPS) is 17.6. The molecule has 7 rings (SSSR count). The maximum Gasteiger partial charge on any atom is 0.420 e. The van der Waals surface area contributed by atoms with Crippen molar-refractivity contribution in [1.82, 2.24) is 30.2 Å². The Morgan fingerprint density at radius 2 is 1.76 bits per heavy atom. The van der Waals surface area contributed by atoms with Crippen LogP contribution >= 0.6 is 12.2 Å². The van der Waals surface area contributed by atoms with Crippen molar-refractivity contribution >= 4 is 46.4 Å². The second-order valence-electron chi connectivity index (χ2n) is 18.0. The number of aromatic nitrogens is 4. The molecule has 2 fully saturated rings. The van der Waals surface area contributed by atoms with Gasteiger partial charge in [0, 0.05) is 49.3 Å². The number of aliphatic hydroxyl groups is 1. The number of β-amino-alcohol motifs (C(OH)–C–C–N with tert-alkyl or cyclic N) is 1. The van der Waals surface area contributed by atoms with E-state index in [1.807, 2.05) is 26.8 Å². The minimum Gasteiger partial charge on any atom is -0.494 e. The molecule has 2 saturated heterocycles. The van der Waals surface area contributed by atoms with Gasteiger partial charge in [0.2, 0.25) is 11.8 Å². The predicted octanol–water partition coefficient (Wildman–Crippen LogP) is 7.52. The molecule has 0 radical (unpaired) electrons. The summed E-state index contributed by atoms with van der Waals surface area (Å²) in [5, 5.41) is 22.4. The zero-order chi connectivity index (χ0) is 49.1. The average Bonchev–Trinajstić information content (AvgIpc) is 3.99. The Morgan fingerprint density at radius 3 is 2.41 bits per heavy atom. The number of aliphatic hydroxyl groups excluding tert-OH is 1. The van der Waals surface area contributed by atoms with Gasteiger partial charge in [-0.3, -0.25) is 29.3 Å². The highest BCUT2D eigenvalue weighted by molar-refractivity contribution is 7.81. The van der Waals surface area contributed by atoms with E-state index < -0.39 is 69.8 Å². The lowest BCUT2D eigenvalue weighted by molar-refractivity contribution is -0.141. The predicted molar refractivity (Wildman–Crippen MR) is 246 cm³/mol. The third-order valence-electron chi connectivity index (χ3n) is 11.6. The van der Waals surface area contributed by atoms with Crippen molar-refractivity contribution in [3.8, 4) is 34.3 Å². The van der Waals surface area contributed by atoms with E-state index in [9.17, 15) is 37.9 Å². The van der Waals surface area contributed by atoms with Crippen LogP contribution in [0.2, 0.25) is 0 Å². The largest absolute Gasteiger partial charge is 0.494 e. The van der Waals surface area contributed by atoms with Crippen molar-refractivity contribution in [1.29, 1.82) is 5.26 Å². The number of anilines is 2. The molecule has 2 aliphatic heterocycles. The number of benzene rings is 2. The number of rotatable bonds is 15. The lowest BCUT2D eigenvalue weighted by Gasteiger charge is -2.35. The molecule has 0 saturated carbocycles. The number of imidazole rings is 1. The highest BCUT2D eigenvalue weighted by Crippen LogP contribution is 2.42. The SMILES string of the molecule is CC(C)(C)[C@H](NC(=O)COCCCCOc1ccc(-c2ccc(N3C(=S)N(c4ccc(C#N)c(C(F)(F)F)c4F)C(=O)C3(C)C)cn2)cc1)C(=O)N1C[C@H](O)C[C@H]1c1nc(-c2cccnc2)c[nH]1. The number of nitrogens with one attached hydrogen (secondary N) is 2. The molecule has 0 spiro atoms. The lowest BCUT2D eigenvalue weighted by Crippen LogP contribution is -2.55. The highest BCUT2D eigenvalue weighted by Gasteiger charge is 2.52. The molecule has 356 valence electrons. The zero-order valence-corrected chi connectivity index (χ0v) is 38.6. The van der Waals surface area contributed by atoms with Gasteiger partial charge in [-0.1, -0.05) is 20.8 Å². The molecule has 0 aliphatic carbocycles. The number of H-pyrrole nitrogens is 1. The van der Waals surface area contributed by atoms with Crippen LogP contribution in [0.1, 0.15) is 76.9 Å². The number of pyridine rings is 2. The maximum atomic E-state index is 15.4. The van der Waals surface area contributed by atoms with E-state index in [4.69, 9.17) is 26.7 Å². The van der Waals surface area contributed by atoms with Crippen molar-refractivity contribution < 1.29 is 46.5 Å². The Hall–Kier alpha value is -6.82. The second-order valence-corrected chi connectivity index (χ2v) is 18.3. The number of nitrogens with zero attached hydrogens (tertiary/aromatic N) is 7. The number of ether oxygens (including phenoxy) is 2. The number of hydrogen-bond acceptors (Lipinski definition) is 11. The van der Waals surface area contributed by atoms with E-state index in [1.54, 1.807) is 66.0 Å². The summed E-state index contributed by atoms with van der Waals surface area (Å²) < 4.78 is 68.3. The van der Waals surface area contributed by atoms with E-state index in [0.717, 1.165) is 23.3 Å². The number of amides is 3. The minimum absolute atomic E-state index is 0.0987. The van der Waals surface area contributed by atoms with Gasteiger partial charge < -0.3 is 34.7 Å². The Balaban J connectivity index is 0.869. The van der Waals surface area contributed by atoms with Gasteiger partial charge in [0.1, 0.15) is 35.3 Å². The zero-order valence-electron chi connectivity index (χ0n) is 37.8. The smallest absolute Gasteiger partial charge is 0.420 e. The van der Waals surface area contributed by atoms with Gasteiger partial charge >= 0.3 is 6.18 Å². The molecule has 20 heteroatoms. The summed E-state index contributed by atoms with van der Waals surface area (Å²) >= 11 is 5.53. The van der Waals surface area contributed by atoms with E-state index in [2.05, 4.69) is 20.3 Å². The van der Waals surface area contributed by atoms with Crippen molar-refractivity contribution in [3.05, 3.63) is 108 Å². The van der Waals surface area contributed by atoms with Crippen molar-refractivity contribution in [2.75, 3.05) is 36.2 Å². The molecule has 0 unspecified atom stereocenters. The molecule has 3 N–H and O–H groups in total. The molecular formula is C48H49F4N9O6S. The van der Waals surface area contributed by atoms with E-state index in [0.29, 0.717) is 59.4 Å². The van der Waals surface area contributed by atoms with Gasteiger partial charge in [-0.25, -0.2) is 9.37 Å². The average molecular weight is 956 g/mol. The Kier molecular flexibility index (Phi) is 14.3. The molecule has 2 aliphatic rings. The number of unbranched alkanes of at least 4 members (excludes halogenated alkanes) is 1. The van der Waals surface area contributed by atoms with E-state index in [1.165, 1.54) is 31.0 Å². The van der Waals surface area contributed by atoms with Crippen LogP contribution in [0.5, 0.6) is 5.75 Å². The molecule has 5 aromatic rings. The number of carbonyl (C=O) groups is 3. The number of nitriles is 1. The van der Waals surface area contributed by atoms with E-state index >= 15 is 4.39 Å². The number of carbonyl (C=O) groups excluding carboxylic acids is 3. The molecule has 15 nitrogen and oxygen atoms in total. The Labute approximate surface area is 395 Å². The van der Waals surface area contributed by atoms with Crippen molar-refractivity contribution in [2.45, 2.75) is 83.8 Å². The number of halogens is 4. The number of likely N-dealkylation sites (tertiary alicyclic amines) is 1. The van der Waals surface area contributed by atoms with Gasteiger partial charge in [0.05, 0.1) is 59.3 Å². The van der Waals surface area contributed by atoms with Crippen LogP contribution in [0, 0.1) is 22.6 Å². The minimum atomic E-state index is -5.19. The van der Waals surface area contributed by atoms with Crippen LogP contribution in [0.3, 0.4) is 0 Å². The van der Waals surface area contributed by atoms with Crippen LogP contribution in [0.25, 0.3) is 22.5 Å². The van der Waals surface area contributed by atoms with Crippen LogP contribution in [0.15, 0.2) is 85.5 Å². The summed E-state index contributed by atoms with van der Waals surface area (Å²) in [4.78, 5) is 60.8. The summed E-state index contributed by atoms with van der Waals surface area (Å²) in [6.07, 6.45) is 2.12. The standard InChI is InChI=1S/C48H49F4N9O6S/c1-46(2,3)41(43(64)59-26-32(62)21-37(59)42-56-25-35(57-42)30-9-8-18-54-23-30)58-38(63)27-66-19-6-7-20-67-33-14-10-28(11-15-33)34-16-13-31(24-55-34)61-45(68)60(44(65)47(61,4)5)36-17-12-29(22-53)39(40(36)49)48(50,51)52/h8-18,23-25,32,37,41,62H,6-7,19-21,26-27H2,1-5H3,(H,56,57)(H,58,63)/t32-,37+,41-/m1/s1. The first kappa shape index (κ1) is 49.1. The molecule has 3 aromatic heterocycles. The van der Waals surface area contributed by atoms with Gasteiger partial charge in [-0.15, -0.1) is 0 Å². The van der Waals surface area contributed by atoms with Gasteiger partial charge in [0.15, 0.2) is 10.9 Å². The quantitative estimate of drug-likeness (QED) is 0.0533. The fourth-order valence-corrected chi connectivity index (χ4v) is 8.64. The van der Waals surface area contributed by atoms with Crippen LogP contribution in [-0.4, -0.2) is 96.8 Å². The summed E-state index contributed by atoms with van der Waals surface area (Å²) in [7, 11) is 0. The molecule has 3 amide bonds. The van der Waals surface area contributed by atoms with Crippen LogP contribution in [0.4, 0.5) is 28.9 Å². The molecule has 68 heavy (non-hydrogen) atoms. The number of thiocarbonyl (C=S) groups is 1. The second kappa shape index (κ2) is 19.8. The fourth-order valence-electron chi connectivity index (χ4n) is 8.12.